The summed E-state index contributed by atoms with van der Waals surface area (Å²) < 4.78 is 11.2. The minimum absolute atomic E-state index is 0.0686. The van der Waals surface area contributed by atoms with E-state index in [0.717, 1.165) is 18.4 Å². The maximum Gasteiger partial charge on any atom is 0.295 e. The first-order valence-corrected chi connectivity index (χ1v) is 11.8. The zero-order chi connectivity index (χ0) is 25.0. The summed E-state index contributed by atoms with van der Waals surface area (Å²) in [5.74, 6) is -0.441. The van der Waals surface area contributed by atoms with Crippen molar-refractivity contribution < 1.29 is 24.2 Å². The normalized spacial score (nSPS) is 17.8. The van der Waals surface area contributed by atoms with Crippen LogP contribution in [-0.2, 0) is 15.0 Å². The summed E-state index contributed by atoms with van der Waals surface area (Å²) in [6.07, 6.45) is 1.62. The molecule has 6 heteroatoms. The van der Waals surface area contributed by atoms with Gasteiger partial charge in [0.25, 0.3) is 11.7 Å². The van der Waals surface area contributed by atoms with Gasteiger partial charge < -0.3 is 19.5 Å². The molecule has 182 valence electrons. The summed E-state index contributed by atoms with van der Waals surface area (Å²) in [7, 11) is 1.52. The van der Waals surface area contributed by atoms with Crippen LogP contribution in [0.25, 0.3) is 5.76 Å². The first-order chi connectivity index (χ1) is 16.1. The lowest BCUT2D eigenvalue weighted by Crippen LogP contribution is -2.30. The Balaban J connectivity index is 2.25. The van der Waals surface area contributed by atoms with E-state index in [1.807, 2.05) is 50.2 Å². The number of methoxy groups -OCH3 is 1. The molecule has 0 aromatic heterocycles. The fourth-order valence-corrected chi connectivity index (χ4v) is 4.23. The second kappa shape index (κ2) is 10.3. The van der Waals surface area contributed by atoms with Crippen molar-refractivity contribution in [2.24, 2.45) is 0 Å². The quantitative estimate of drug-likeness (QED) is 0.311. The zero-order valence-electron chi connectivity index (χ0n) is 21.0. The Morgan fingerprint density at radius 1 is 1.09 bits per heavy atom. The number of amides is 1. The van der Waals surface area contributed by atoms with Crippen LogP contribution in [0.5, 0.6) is 11.5 Å². The summed E-state index contributed by atoms with van der Waals surface area (Å²) in [6.45, 7) is 11.1. The zero-order valence-corrected chi connectivity index (χ0v) is 21.0. The Bertz CT molecular complexity index is 1100. The van der Waals surface area contributed by atoms with Crippen molar-refractivity contribution in [3.63, 3.8) is 0 Å². The van der Waals surface area contributed by atoms with Crippen molar-refractivity contribution in [1.82, 2.24) is 4.90 Å². The van der Waals surface area contributed by atoms with Crippen LogP contribution in [0, 0.1) is 0 Å². The fraction of sp³-hybridized carbons (Fsp3) is 0.429. The minimum Gasteiger partial charge on any atom is -0.507 e. The molecule has 2 aromatic rings. The minimum atomic E-state index is -0.713. The lowest BCUT2D eigenvalue weighted by Gasteiger charge is -2.26. The number of hydrogen-bond acceptors (Lipinski definition) is 5. The van der Waals surface area contributed by atoms with Crippen LogP contribution >= 0.6 is 0 Å². The van der Waals surface area contributed by atoms with E-state index in [1.165, 1.54) is 7.11 Å². The highest BCUT2D eigenvalue weighted by atomic mass is 16.5. The van der Waals surface area contributed by atoms with Gasteiger partial charge in [-0.3, -0.25) is 9.59 Å². The number of ketones is 1. The van der Waals surface area contributed by atoms with Crippen LogP contribution < -0.4 is 9.47 Å². The van der Waals surface area contributed by atoms with E-state index in [4.69, 9.17) is 9.47 Å². The van der Waals surface area contributed by atoms with E-state index < -0.39 is 17.7 Å². The predicted octanol–water partition coefficient (Wildman–Crippen LogP) is 5.61. The summed E-state index contributed by atoms with van der Waals surface area (Å²) >= 11 is 0. The van der Waals surface area contributed by atoms with Gasteiger partial charge >= 0.3 is 0 Å². The third kappa shape index (κ3) is 4.96. The first kappa shape index (κ1) is 25.3. The molecule has 1 atom stereocenters. The molecule has 3 rings (SSSR count). The number of hydrogen-bond donors (Lipinski definition) is 1. The van der Waals surface area contributed by atoms with E-state index >= 15 is 0 Å². The number of rotatable bonds is 8. The van der Waals surface area contributed by atoms with Crippen LogP contribution in [0.2, 0.25) is 0 Å². The van der Waals surface area contributed by atoms with E-state index in [2.05, 4.69) is 20.8 Å². The summed E-state index contributed by atoms with van der Waals surface area (Å²) in [5.41, 5.74) is 1.98. The molecule has 1 heterocycles. The summed E-state index contributed by atoms with van der Waals surface area (Å²) in [6, 6.07) is 12.2. The molecular formula is C28H35NO5. The van der Waals surface area contributed by atoms with E-state index in [1.54, 1.807) is 11.0 Å². The molecule has 0 radical (unpaired) electrons. The third-order valence-electron chi connectivity index (χ3n) is 6.10. The molecule has 0 saturated carbocycles. The van der Waals surface area contributed by atoms with Gasteiger partial charge in [-0.1, -0.05) is 52.3 Å². The van der Waals surface area contributed by atoms with Crippen LogP contribution in [-0.4, -0.2) is 42.0 Å². The fourth-order valence-electron chi connectivity index (χ4n) is 4.23. The molecule has 1 saturated heterocycles. The van der Waals surface area contributed by atoms with Gasteiger partial charge in [-0.2, -0.15) is 0 Å². The van der Waals surface area contributed by atoms with Gasteiger partial charge in [0, 0.05) is 6.54 Å². The van der Waals surface area contributed by atoms with Gasteiger partial charge in [-0.05, 0) is 54.2 Å². The lowest BCUT2D eigenvalue weighted by molar-refractivity contribution is -0.139. The summed E-state index contributed by atoms with van der Waals surface area (Å²) in [5, 5.41) is 11.5. The average molecular weight is 466 g/mol. The Morgan fingerprint density at radius 3 is 2.44 bits per heavy atom. The number of ether oxygens (including phenoxy) is 2. The standard InChI is InChI=1S/C28H35NO5/c1-7-9-15-29-24(18-11-10-12-20(16-18)34-8-2)23(26(31)27(29)32)25(30)21-17-19(28(3,4)5)13-14-22(21)33-6/h10-14,16-17,24,30H,7-9,15H2,1-6H3/b25-23+. The van der Waals surface area contributed by atoms with Crippen molar-refractivity contribution >= 4 is 17.4 Å². The Labute approximate surface area is 202 Å². The van der Waals surface area contributed by atoms with Crippen molar-refractivity contribution in [2.75, 3.05) is 20.3 Å². The van der Waals surface area contributed by atoms with Crippen molar-refractivity contribution in [3.05, 3.63) is 64.7 Å². The van der Waals surface area contributed by atoms with Gasteiger partial charge in [0.05, 0.1) is 30.9 Å². The molecule has 0 bridgehead atoms. The molecule has 0 spiro atoms. The monoisotopic (exact) mass is 465 g/mol. The second-order valence-electron chi connectivity index (χ2n) is 9.52. The molecule has 6 nitrogen and oxygen atoms in total. The topological polar surface area (TPSA) is 76.1 Å². The van der Waals surface area contributed by atoms with Gasteiger partial charge in [0.1, 0.15) is 17.3 Å². The van der Waals surface area contributed by atoms with Crippen molar-refractivity contribution in [3.8, 4) is 11.5 Å². The first-order valence-electron chi connectivity index (χ1n) is 11.8. The van der Waals surface area contributed by atoms with Crippen molar-refractivity contribution in [2.45, 2.75) is 58.9 Å². The number of aliphatic hydroxyl groups excluding tert-OH is 1. The maximum atomic E-state index is 13.3. The SMILES string of the molecule is CCCCN1C(=O)C(=O)/C(=C(/O)c2cc(C(C)(C)C)ccc2OC)C1c1cccc(OCC)c1. The Kier molecular flexibility index (Phi) is 7.70. The van der Waals surface area contributed by atoms with E-state index in [0.29, 0.717) is 35.8 Å². The summed E-state index contributed by atoms with van der Waals surface area (Å²) in [4.78, 5) is 27.9. The number of carbonyl (C=O) groups is 2. The maximum absolute atomic E-state index is 13.3. The van der Waals surface area contributed by atoms with Crippen LogP contribution in [0.3, 0.4) is 0 Å². The average Bonchev–Trinajstić information content (AvgIpc) is 3.06. The molecule has 1 aliphatic rings. The number of aliphatic hydroxyl groups is 1. The number of likely N-dealkylation sites (tertiary alicyclic amines) is 1. The number of benzene rings is 2. The highest BCUT2D eigenvalue weighted by Gasteiger charge is 2.46. The number of nitrogens with zero attached hydrogens (tertiary/aromatic N) is 1. The van der Waals surface area contributed by atoms with Gasteiger partial charge in [0.15, 0.2) is 0 Å². The van der Waals surface area contributed by atoms with Crippen LogP contribution in [0.1, 0.15) is 70.2 Å². The second-order valence-corrected chi connectivity index (χ2v) is 9.52. The number of unbranched alkanes of at least 4 members (excludes halogenated alkanes) is 1. The highest BCUT2D eigenvalue weighted by molar-refractivity contribution is 6.46. The number of carbonyl (C=O) groups excluding carboxylic acids is 2. The molecule has 0 aliphatic carbocycles. The van der Waals surface area contributed by atoms with Gasteiger partial charge in [0.2, 0.25) is 0 Å². The third-order valence-corrected chi connectivity index (χ3v) is 6.10. The van der Waals surface area contributed by atoms with Crippen molar-refractivity contribution in [1.29, 1.82) is 0 Å². The predicted molar refractivity (Wildman–Crippen MR) is 133 cm³/mol. The largest absolute Gasteiger partial charge is 0.507 e. The van der Waals surface area contributed by atoms with Gasteiger partial charge in [-0.15, -0.1) is 0 Å². The Hall–Kier alpha value is -3.28. The molecule has 34 heavy (non-hydrogen) atoms. The van der Waals surface area contributed by atoms with E-state index in [-0.39, 0.29) is 16.7 Å². The highest BCUT2D eigenvalue weighted by Crippen LogP contribution is 2.42. The smallest absolute Gasteiger partial charge is 0.295 e. The molecule has 1 amide bonds. The lowest BCUT2D eigenvalue weighted by atomic mass is 9.85. The van der Waals surface area contributed by atoms with E-state index in [9.17, 15) is 14.7 Å². The van der Waals surface area contributed by atoms with Crippen LogP contribution in [0.15, 0.2) is 48.0 Å². The molecular weight excluding hydrogens is 430 g/mol. The molecule has 1 aliphatic heterocycles. The molecule has 2 aromatic carbocycles. The Morgan fingerprint density at radius 2 is 1.82 bits per heavy atom. The van der Waals surface area contributed by atoms with Gasteiger partial charge in [-0.25, -0.2) is 0 Å². The molecule has 1 fully saturated rings. The molecule has 1 N–H and O–H groups in total. The molecule has 1 unspecified atom stereocenters. The van der Waals surface area contributed by atoms with Crippen LogP contribution in [0.4, 0.5) is 0 Å². The number of Topliss-reactive ketones (excluding diaryl/α,β-unsaturated/α-hetero) is 1.